The lowest BCUT2D eigenvalue weighted by Gasteiger charge is -2.34. The van der Waals surface area contributed by atoms with Crippen LogP contribution in [0.2, 0.25) is 0 Å². The highest BCUT2D eigenvalue weighted by atomic mass is 19.1. The van der Waals surface area contributed by atoms with Crippen molar-refractivity contribution in [3.63, 3.8) is 0 Å². The van der Waals surface area contributed by atoms with Gasteiger partial charge in [0.2, 0.25) is 0 Å². The maximum atomic E-state index is 14.7. The normalized spacial score (nSPS) is 16.4. The minimum absolute atomic E-state index is 0.160. The first-order valence-electron chi connectivity index (χ1n) is 10.9. The van der Waals surface area contributed by atoms with Gasteiger partial charge in [0.05, 0.1) is 16.7 Å². The molecule has 10 heteroatoms. The number of benzene rings is 2. The summed E-state index contributed by atoms with van der Waals surface area (Å²) in [7, 11) is 1.96. The van der Waals surface area contributed by atoms with Crippen molar-refractivity contribution in [2.45, 2.75) is 25.8 Å². The Hall–Kier alpha value is -3.53. The largest absolute Gasteiger partial charge is 0.367 e. The summed E-state index contributed by atoms with van der Waals surface area (Å²) < 4.78 is 14.7. The van der Waals surface area contributed by atoms with Gasteiger partial charge in [0.15, 0.2) is 5.82 Å². The first-order chi connectivity index (χ1) is 15.7. The number of likely N-dealkylation sites (N-methyl/N-ethyl adjacent to an activating group) is 1. The third-order valence-electron chi connectivity index (χ3n) is 6.01. The van der Waals surface area contributed by atoms with E-state index in [1.54, 1.807) is 30.0 Å². The third kappa shape index (κ3) is 5.11. The van der Waals surface area contributed by atoms with Crippen LogP contribution in [0, 0.1) is 22.9 Å². The Labute approximate surface area is 190 Å². The van der Waals surface area contributed by atoms with Gasteiger partial charge in [0, 0.05) is 43.5 Å². The summed E-state index contributed by atoms with van der Waals surface area (Å²) in [4.78, 5) is 40.1. The number of piperazine rings is 1. The van der Waals surface area contributed by atoms with Crippen molar-refractivity contribution < 1.29 is 18.9 Å². The topological polar surface area (TPSA) is 108 Å². The molecule has 174 valence electrons. The molecular formula is C23H26FN5O4. The van der Waals surface area contributed by atoms with Crippen LogP contribution < -0.4 is 15.5 Å². The minimum Gasteiger partial charge on any atom is -0.367 e. The maximum Gasteiger partial charge on any atom is 0.285 e. The first kappa shape index (κ1) is 22.7. The Morgan fingerprint density at radius 3 is 2.42 bits per heavy atom. The summed E-state index contributed by atoms with van der Waals surface area (Å²) in [5, 5.41) is 17.1. The molecule has 1 heterocycles. The molecule has 9 nitrogen and oxygen atoms in total. The first-order valence-corrected chi connectivity index (χ1v) is 10.9. The molecule has 2 aromatic rings. The third-order valence-corrected chi connectivity index (χ3v) is 6.01. The highest BCUT2D eigenvalue weighted by molar-refractivity contribution is 6.08. The molecule has 2 aromatic carbocycles. The van der Waals surface area contributed by atoms with Crippen LogP contribution in [0.4, 0.5) is 21.5 Å². The van der Waals surface area contributed by atoms with Gasteiger partial charge in [-0.1, -0.05) is 6.07 Å². The predicted molar refractivity (Wildman–Crippen MR) is 122 cm³/mol. The summed E-state index contributed by atoms with van der Waals surface area (Å²) in [5.41, 5.74) is 0.756. The predicted octanol–water partition coefficient (Wildman–Crippen LogP) is 2.94. The monoisotopic (exact) mass is 455 g/mol. The van der Waals surface area contributed by atoms with Gasteiger partial charge in [0.1, 0.15) is 5.56 Å². The second kappa shape index (κ2) is 9.14. The van der Waals surface area contributed by atoms with Gasteiger partial charge in [-0.3, -0.25) is 19.7 Å². The van der Waals surface area contributed by atoms with Crippen LogP contribution in [0.3, 0.4) is 0 Å². The molecular weight excluding hydrogens is 429 g/mol. The average molecular weight is 455 g/mol. The summed E-state index contributed by atoms with van der Waals surface area (Å²) in [6, 6.07) is 7.14. The lowest BCUT2D eigenvalue weighted by Crippen LogP contribution is -2.44. The second-order valence-corrected chi connectivity index (χ2v) is 8.60. The van der Waals surface area contributed by atoms with E-state index in [1.807, 2.05) is 7.05 Å². The van der Waals surface area contributed by atoms with E-state index in [9.17, 15) is 24.1 Å². The number of nitrogens with zero attached hydrogens (tertiary/aromatic N) is 3. The number of halogens is 1. The Morgan fingerprint density at radius 1 is 1.09 bits per heavy atom. The molecule has 0 aromatic heterocycles. The number of anilines is 2. The van der Waals surface area contributed by atoms with E-state index < -0.39 is 22.3 Å². The zero-order valence-electron chi connectivity index (χ0n) is 18.6. The summed E-state index contributed by atoms with van der Waals surface area (Å²) >= 11 is 0. The Kier molecular flexibility index (Phi) is 6.28. The molecule has 1 saturated heterocycles. The second-order valence-electron chi connectivity index (χ2n) is 8.60. The molecule has 2 aliphatic rings. The lowest BCUT2D eigenvalue weighted by atomic mass is 10.1. The Balaban J connectivity index is 1.62. The van der Waals surface area contributed by atoms with Gasteiger partial charge in [-0.2, -0.15) is 0 Å². The Bertz CT molecular complexity index is 1110. The highest BCUT2D eigenvalue weighted by Crippen LogP contribution is 2.30. The van der Waals surface area contributed by atoms with E-state index in [-0.39, 0.29) is 23.2 Å². The van der Waals surface area contributed by atoms with Crippen molar-refractivity contribution in [1.29, 1.82) is 0 Å². The molecule has 2 N–H and O–H groups in total. The van der Waals surface area contributed by atoms with Crippen molar-refractivity contribution >= 4 is 28.9 Å². The van der Waals surface area contributed by atoms with Crippen molar-refractivity contribution in [1.82, 2.24) is 10.2 Å². The van der Waals surface area contributed by atoms with Crippen LogP contribution in [0.1, 0.15) is 39.1 Å². The van der Waals surface area contributed by atoms with E-state index >= 15 is 0 Å². The fraction of sp³-hybridized carbons (Fsp3) is 0.391. The molecule has 2 amide bonds. The molecule has 2 fully saturated rings. The molecule has 0 spiro atoms. The van der Waals surface area contributed by atoms with E-state index in [4.69, 9.17) is 0 Å². The molecule has 1 saturated carbocycles. The van der Waals surface area contributed by atoms with E-state index in [2.05, 4.69) is 15.5 Å². The number of amides is 2. The highest BCUT2D eigenvalue weighted by Gasteiger charge is 2.28. The number of carbonyl (C=O) groups is 2. The van der Waals surface area contributed by atoms with Crippen LogP contribution in [0.5, 0.6) is 0 Å². The SMILES string of the molecule is Cc1ccc(C(=O)NC2CC2)cc1NC(=O)c1cc(N2CCN(C)CC2)c(F)cc1[N+](=O)[O-]. The van der Waals surface area contributed by atoms with Gasteiger partial charge in [-0.05, 0) is 50.6 Å². The van der Waals surface area contributed by atoms with Crippen LogP contribution in [0.25, 0.3) is 0 Å². The zero-order chi connectivity index (χ0) is 23.7. The fourth-order valence-corrected chi connectivity index (χ4v) is 3.76. The number of aryl methyl sites for hydroxylation is 1. The maximum absolute atomic E-state index is 14.7. The fourth-order valence-electron chi connectivity index (χ4n) is 3.76. The van der Waals surface area contributed by atoms with Crippen molar-refractivity contribution in [3.05, 3.63) is 63.0 Å². The number of rotatable bonds is 6. The van der Waals surface area contributed by atoms with Crippen LogP contribution in [0.15, 0.2) is 30.3 Å². The molecule has 33 heavy (non-hydrogen) atoms. The van der Waals surface area contributed by atoms with Gasteiger partial charge >= 0.3 is 0 Å². The van der Waals surface area contributed by atoms with Crippen molar-refractivity contribution in [2.24, 2.45) is 0 Å². The lowest BCUT2D eigenvalue weighted by molar-refractivity contribution is -0.385. The van der Waals surface area contributed by atoms with Gasteiger partial charge in [-0.15, -0.1) is 0 Å². The molecule has 0 unspecified atom stereocenters. The standard InChI is InChI=1S/C23H26FN5O4/c1-14-3-4-15(22(30)25-16-5-6-16)11-19(14)26-23(31)17-12-21(18(24)13-20(17)29(32)33)28-9-7-27(2)8-10-28/h3-4,11-13,16H,5-10H2,1-2H3,(H,25,30)(H,26,31). The van der Waals surface area contributed by atoms with Crippen molar-refractivity contribution in [2.75, 3.05) is 43.4 Å². The number of nitrogens with one attached hydrogen (secondary N) is 2. The number of hydrogen-bond donors (Lipinski definition) is 2. The zero-order valence-corrected chi connectivity index (χ0v) is 18.6. The van der Waals surface area contributed by atoms with Crippen LogP contribution in [-0.2, 0) is 0 Å². The summed E-state index contributed by atoms with van der Waals surface area (Å²) in [6.07, 6.45) is 1.90. The van der Waals surface area contributed by atoms with Gasteiger partial charge < -0.3 is 20.4 Å². The molecule has 0 bridgehead atoms. The molecule has 0 atom stereocenters. The smallest absolute Gasteiger partial charge is 0.285 e. The molecule has 0 radical (unpaired) electrons. The molecule has 1 aliphatic heterocycles. The van der Waals surface area contributed by atoms with E-state index in [0.717, 1.165) is 18.9 Å². The number of hydrogen-bond acceptors (Lipinski definition) is 6. The quantitative estimate of drug-likeness (QED) is 0.512. The van der Waals surface area contributed by atoms with E-state index in [0.29, 0.717) is 43.0 Å². The van der Waals surface area contributed by atoms with Crippen LogP contribution >= 0.6 is 0 Å². The Morgan fingerprint density at radius 2 is 1.79 bits per heavy atom. The number of carbonyl (C=O) groups excluding carboxylic acids is 2. The molecule has 4 rings (SSSR count). The van der Waals surface area contributed by atoms with E-state index in [1.165, 1.54) is 6.07 Å². The molecule has 1 aliphatic carbocycles. The number of nitro groups is 1. The van der Waals surface area contributed by atoms with Gasteiger partial charge in [0.25, 0.3) is 17.5 Å². The minimum atomic E-state index is -0.766. The van der Waals surface area contributed by atoms with Gasteiger partial charge in [-0.25, -0.2) is 4.39 Å². The average Bonchev–Trinajstić information content (AvgIpc) is 3.59. The van der Waals surface area contributed by atoms with Crippen molar-refractivity contribution in [3.8, 4) is 0 Å². The van der Waals surface area contributed by atoms with Crippen LogP contribution in [-0.4, -0.2) is 60.9 Å². The number of nitro benzene ring substituents is 1. The summed E-state index contributed by atoms with van der Waals surface area (Å²) in [5.74, 6) is -1.71. The summed E-state index contributed by atoms with van der Waals surface area (Å²) in [6.45, 7) is 4.28.